The number of hydrogen-bond donors (Lipinski definition) is 4. The van der Waals surface area contributed by atoms with E-state index in [2.05, 4.69) is 15.8 Å². The summed E-state index contributed by atoms with van der Waals surface area (Å²) >= 11 is 4.84. The minimum absolute atomic E-state index is 0.0521. The number of nitrogens with one attached hydrogen (secondary N) is 2. The molecule has 1 aromatic rings. The molecule has 0 atom stereocenters. The summed E-state index contributed by atoms with van der Waals surface area (Å²) < 4.78 is 0. The molecule has 4 N–H and O–H groups in total. The van der Waals surface area contributed by atoms with E-state index in [0.717, 1.165) is 0 Å². The predicted molar refractivity (Wildman–Crippen MR) is 66.8 cm³/mol. The Bertz CT molecular complexity index is 432. The van der Waals surface area contributed by atoms with E-state index in [4.69, 9.17) is 12.2 Å². The molecule has 0 spiro atoms. The van der Waals surface area contributed by atoms with Gasteiger partial charge in [0.15, 0.2) is 5.11 Å². The molecule has 1 aromatic carbocycles. The Kier molecular flexibility index (Phi) is 4.07. The third kappa shape index (κ3) is 3.09. The van der Waals surface area contributed by atoms with Crippen molar-refractivity contribution in [2.45, 2.75) is 6.92 Å². The molecule has 6 heteroatoms. The van der Waals surface area contributed by atoms with Gasteiger partial charge in [0.2, 0.25) is 0 Å². The lowest BCUT2D eigenvalue weighted by Crippen LogP contribution is -2.29. The van der Waals surface area contributed by atoms with E-state index in [1.807, 2.05) is 0 Å². The Morgan fingerprint density at radius 2 is 2.06 bits per heavy atom. The summed E-state index contributed by atoms with van der Waals surface area (Å²) in [6.45, 7) is 1.69. The predicted octanol–water partition coefficient (Wildman–Crippen LogP) is 0.916. The maximum atomic E-state index is 9.56. The Labute approximate surface area is 98.8 Å². The summed E-state index contributed by atoms with van der Waals surface area (Å²) in [5.74, 6) is 0.120. The zero-order chi connectivity index (χ0) is 12.1. The van der Waals surface area contributed by atoms with Crippen molar-refractivity contribution in [2.24, 2.45) is 5.10 Å². The molecule has 0 aliphatic rings. The van der Waals surface area contributed by atoms with Crippen LogP contribution < -0.4 is 10.7 Å². The summed E-state index contributed by atoms with van der Waals surface area (Å²) in [6, 6.07) is 4.23. The van der Waals surface area contributed by atoms with Gasteiger partial charge < -0.3 is 15.5 Å². The number of rotatable bonds is 2. The highest BCUT2D eigenvalue weighted by Gasteiger charge is 2.05. The van der Waals surface area contributed by atoms with Crippen molar-refractivity contribution in [3.8, 4) is 11.5 Å². The molecule has 0 unspecified atom stereocenters. The van der Waals surface area contributed by atoms with Crippen LogP contribution in [-0.4, -0.2) is 28.1 Å². The highest BCUT2D eigenvalue weighted by Crippen LogP contribution is 2.22. The minimum atomic E-state index is 0.0521. The largest absolute Gasteiger partial charge is 0.508 e. The molecule has 0 aromatic heterocycles. The molecule has 16 heavy (non-hydrogen) atoms. The van der Waals surface area contributed by atoms with Crippen LogP contribution in [0.3, 0.4) is 0 Å². The lowest BCUT2D eigenvalue weighted by atomic mass is 10.1. The molecule has 0 bridgehead atoms. The SMILES string of the molecule is CNC(=S)N/N=C(\C)c1cc(O)ccc1O. The summed E-state index contributed by atoms with van der Waals surface area (Å²) in [6.07, 6.45) is 0. The zero-order valence-electron chi connectivity index (χ0n) is 8.98. The Balaban J connectivity index is 2.91. The molecular formula is C10H13N3O2S. The molecule has 86 valence electrons. The summed E-state index contributed by atoms with van der Waals surface area (Å²) in [5, 5.41) is 25.9. The van der Waals surface area contributed by atoms with Crippen LogP contribution in [-0.2, 0) is 0 Å². The highest BCUT2D eigenvalue weighted by molar-refractivity contribution is 7.80. The van der Waals surface area contributed by atoms with Gasteiger partial charge in [-0.1, -0.05) is 0 Å². The van der Waals surface area contributed by atoms with Crippen LogP contribution in [0.1, 0.15) is 12.5 Å². The Hall–Kier alpha value is -1.82. The molecule has 1 rings (SSSR count). The number of phenols is 2. The first-order chi connectivity index (χ1) is 7.54. The number of benzene rings is 1. The molecule has 0 aliphatic heterocycles. The summed E-state index contributed by atoms with van der Waals surface area (Å²) in [5.41, 5.74) is 3.56. The van der Waals surface area contributed by atoms with E-state index in [0.29, 0.717) is 16.4 Å². The van der Waals surface area contributed by atoms with Crippen molar-refractivity contribution >= 4 is 23.0 Å². The first kappa shape index (κ1) is 12.3. The van der Waals surface area contributed by atoms with Crippen LogP contribution in [0.15, 0.2) is 23.3 Å². The van der Waals surface area contributed by atoms with E-state index >= 15 is 0 Å². The molecule has 0 amide bonds. The quantitative estimate of drug-likeness (QED) is 0.267. The maximum absolute atomic E-state index is 9.56. The number of thiocarbonyl (C=S) groups is 1. The first-order valence-corrected chi connectivity index (χ1v) is 4.99. The number of phenolic OH excluding ortho intramolecular Hbond substituents is 2. The van der Waals surface area contributed by atoms with Gasteiger partial charge in [-0.3, -0.25) is 5.43 Å². The van der Waals surface area contributed by atoms with Gasteiger partial charge in [-0.25, -0.2) is 0 Å². The molecule has 0 saturated carbocycles. The van der Waals surface area contributed by atoms with Crippen molar-refractivity contribution in [1.82, 2.24) is 10.7 Å². The molecular weight excluding hydrogens is 226 g/mol. The standard InChI is InChI=1S/C10H13N3O2S/c1-6(12-13-10(16)11-2)8-5-7(14)3-4-9(8)15/h3-5,14-15H,1-2H3,(H2,11,13,16)/b12-6+. The molecule has 0 aliphatic carbocycles. The molecule has 0 radical (unpaired) electrons. The van der Waals surface area contributed by atoms with Gasteiger partial charge in [0.05, 0.1) is 5.71 Å². The van der Waals surface area contributed by atoms with Crippen molar-refractivity contribution < 1.29 is 10.2 Å². The topological polar surface area (TPSA) is 76.9 Å². The van der Waals surface area contributed by atoms with Gasteiger partial charge in [0.25, 0.3) is 0 Å². The van der Waals surface area contributed by atoms with Gasteiger partial charge in [-0.2, -0.15) is 5.10 Å². The van der Waals surface area contributed by atoms with E-state index in [1.54, 1.807) is 14.0 Å². The Morgan fingerprint density at radius 3 is 2.69 bits per heavy atom. The van der Waals surface area contributed by atoms with E-state index in [9.17, 15) is 10.2 Å². The fourth-order valence-electron chi connectivity index (χ4n) is 1.06. The molecule has 0 fully saturated rings. The second-order valence-electron chi connectivity index (χ2n) is 3.09. The zero-order valence-corrected chi connectivity index (χ0v) is 9.80. The van der Waals surface area contributed by atoms with Crippen molar-refractivity contribution in [3.05, 3.63) is 23.8 Å². The third-order valence-electron chi connectivity index (χ3n) is 1.92. The summed E-state index contributed by atoms with van der Waals surface area (Å²) in [7, 11) is 1.67. The van der Waals surface area contributed by atoms with Crippen LogP contribution in [0.4, 0.5) is 0 Å². The minimum Gasteiger partial charge on any atom is -0.508 e. The molecule has 5 nitrogen and oxygen atoms in total. The Morgan fingerprint density at radius 1 is 1.38 bits per heavy atom. The fraction of sp³-hybridized carbons (Fsp3) is 0.200. The van der Waals surface area contributed by atoms with Gasteiger partial charge in [-0.05, 0) is 37.3 Å². The smallest absolute Gasteiger partial charge is 0.186 e. The number of nitrogens with zero attached hydrogens (tertiary/aromatic N) is 1. The number of aromatic hydroxyl groups is 2. The van der Waals surface area contributed by atoms with Crippen LogP contribution in [0, 0.1) is 0 Å². The molecule has 0 saturated heterocycles. The van der Waals surface area contributed by atoms with Gasteiger partial charge in [-0.15, -0.1) is 0 Å². The lowest BCUT2D eigenvalue weighted by molar-refractivity contribution is 0.459. The second-order valence-corrected chi connectivity index (χ2v) is 3.50. The van der Waals surface area contributed by atoms with Crippen LogP contribution in [0.2, 0.25) is 0 Å². The van der Waals surface area contributed by atoms with Crippen LogP contribution in [0.25, 0.3) is 0 Å². The van der Waals surface area contributed by atoms with E-state index in [-0.39, 0.29) is 11.5 Å². The highest BCUT2D eigenvalue weighted by atomic mass is 32.1. The second kappa shape index (κ2) is 5.32. The van der Waals surface area contributed by atoms with E-state index in [1.165, 1.54) is 18.2 Å². The number of hydrazone groups is 1. The van der Waals surface area contributed by atoms with Crippen LogP contribution >= 0.6 is 12.2 Å². The average molecular weight is 239 g/mol. The third-order valence-corrected chi connectivity index (χ3v) is 2.22. The fourth-order valence-corrected chi connectivity index (χ4v) is 1.11. The van der Waals surface area contributed by atoms with Crippen molar-refractivity contribution in [3.63, 3.8) is 0 Å². The average Bonchev–Trinajstić information content (AvgIpc) is 2.28. The van der Waals surface area contributed by atoms with Gasteiger partial charge in [0.1, 0.15) is 11.5 Å². The van der Waals surface area contributed by atoms with Gasteiger partial charge in [0, 0.05) is 12.6 Å². The number of hydrogen-bond acceptors (Lipinski definition) is 4. The normalized spacial score (nSPS) is 11.0. The van der Waals surface area contributed by atoms with Crippen molar-refractivity contribution in [2.75, 3.05) is 7.05 Å². The monoisotopic (exact) mass is 239 g/mol. The van der Waals surface area contributed by atoms with Crippen LogP contribution in [0.5, 0.6) is 11.5 Å². The first-order valence-electron chi connectivity index (χ1n) is 4.59. The van der Waals surface area contributed by atoms with E-state index < -0.39 is 0 Å². The lowest BCUT2D eigenvalue weighted by Gasteiger charge is -2.06. The van der Waals surface area contributed by atoms with Gasteiger partial charge >= 0.3 is 0 Å². The maximum Gasteiger partial charge on any atom is 0.186 e. The molecule has 0 heterocycles. The van der Waals surface area contributed by atoms with Crippen molar-refractivity contribution in [1.29, 1.82) is 0 Å². The summed E-state index contributed by atoms with van der Waals surface area (Å²) in [4.78, 5) is 0.